The van der Waals surface area contributed by atoms with Gasteiger partial charge in [0.05, 0.1) is 22.0 Å². The first-order valence-corrected chi connectivity index (χ1v) is 14.5. The van der Waals surface area contributed by atoms with Crippen molar-refractivity contribution < 1.29 is 40.4 Å². The molecule has 1 aromatic heterocycles. The zero-order chi connectivity index (χ0) is 31.9. The maximum absolute atomic E-state index is 13.5. The van der Waals surface area contributed by atoms with Gasteiger partial charge in [0.2, 0.25) is 10.0 Å². The van der Waals surface area contributed by atoms with Crippen molar-refractivity contribution in [2.24, 2.45) is 5.16 Å². The molecular weight excluding hydrogens is 634 g/mol. The lowest BCUT2D eigenvalue weighted by atomic mass is 10.2. The van der Waals surface area contributed by atoms with E-state index >= 15 is 0 Å². The van der Waals surface area contributed by atoms with Gasteiger partial charge in [-0.2, -0.15) is 17.5 Å². The van der Waals surface area contributed by atoms with Gasteiger partial charge in [-0.3, -0.25) is 10.2 Å². The van der Waals surface area contributed by atoms with Crippen molar-refractivity contribution in [3.05, 3.63) is 83.3 Å². The number of urea groups is 1. The fourth-order valence-corrected chi connectivity index (χ4v) is 5.55. The summed E-state index contributed by atoms with van der Waals surface area (Å²) in [6.45, 7) is -0.737. The minimum atomic E-state index is -4.65. The summed E-state index contributed by atoms with van der Waals surface area (Å²) in [6.07, 6.45) is -5.14. The smallest absolute Gasteiger partial charge is 0.390 e. The minimum absolute atomic E-state index is 0.109. The van der Waals surface area contributed by atoms with Gasteiger partial charge in [0, 0.05) is 31.4 Å². The zero-order valence-electron chi connectivity index (χ0n) is 22.4. The van der Waals surface area contributed by atoms with Crippen molar-refractivity contribution in [3.8, 4) is 0 Å². The van der Waals surface area contributed by atoms with Crippen LogP contribution in [0.15, 0.2) is 76.9 Å². The average Bonchev–Trinajstić information content (AvgIpc) is 3.45. The molecule has 0 spiro atoms. The number of nitrogens with zero attached hydrogens (tertiary/aromatic N) is 3. The first-order chi connectivity index (χ1) is 20.8. The second-order valence-electron chi connectivity index (χ2n) is 9.16. The number of anilines is 2. The van der Waals surface area contributed by atoms with Crippen LogP contribution in [0.25, 0.3) is 0 Å². The fraction of sp³-hybridized carbons (Fsp3) is 0.231. The highest BCUT2D eigenvalue weighted by Crippen LogP contribution is 2.32. The summed E-state index contributed by atoms with van der Waals surface area (Å²) in [5.74, 6) is -1.57. The van der Waals surface area contributed by atoms with E-state index in [1.54, 1.807) is 30.3 Å². The summed E-state index contributed by atoms with van der Waals surface area (Å²) >= 11 is 5.92. The van der Waals surface area contributed by atoms with Crippen LogP contribution in [-0.4, -0.2) is 61.1 Å². The predicted molar refractivity (Wildman–Crippen MR) is 152 cm³/mol. The highest BCUT2D eigenvalue weighted by molar-refractivity contribution is 7.89. The van der Waals surface area contributed by atoms with Crippen LogP contribution < -0.4 is 21.5 Å². The van der Waals surface area contributed by atoms with Crippen LogP contribution in [0.2, 0.25) is 5.02 Å². The lowest BCUT2D eigenvalue weighted by molar-refractivity contribution is -0.137. The number of sulfonamides is 1. The van der Waals surface area contributed by atoms with Gasteiger partial charge >= 0.3 is 12.2 Å². The Morgan fingerprint density at radius 2 is 1.77 bits per heavy atom. The Morgan fingerprint density at radius 3 is 2.43 bits per heavy atom. The molecule has 1 aliphatic rings. The molecule has 0 fully saturated rings. The molecule has 0 bridgehead atoms. The van der Waals surface area contributed by atoms with E-state index in [1.165, 1.54) is 0 Å². The van der Waals surface area contributed by atoms with E-state index in [0.717, 1.165) is 28.6 Å². The molecule has 1 atom stereocenters. The van der Waals surface area contributed by atoms with Gasteiger partial charge in [-0.05, 0) is 42.5 Å². The number of hydrogen-bond acceptors (Lipinski definition) is 8. The number of pyridine rings is 1. The first kappa shape index (κ1) is 32.4. The fourth-order valence-electron chi connectivity index (χ4n) is 3.84. The number of rotatable bonds is 10. The third kappa shape index (κ3) is 8.55. The third-order valence-electron chi connectivity index (χ3n) is 6.00. The van der Waals surface area contributed by atoms with Gasteiger partial charge in [0.1, 0.15) is 23.5 Å². The Kier molecular flexibility index (Phi) is 10.2. The van der Waals surface area contributed by atoms with Crippen molar-refractivity contribution in [2.45, 2.75) is 23.6 Å². The monoisotopic (exact) mass is 657 g/mol. The van der Waals surface area contributed by atoms with Crippen LogP contribution >= 0.6 is 11.6 Å². The van der Waals surface area contributed by atoms with Gasteiger partial charge in [-0.25, -0.2) is 28.0 Å². The number of alkyl halides is 3. The summed E-state index contributed by atoms with van der Waals surface area (Å²) < 4.78 is 80.0. The zero-order valence-corrected chi connectivity index (χ0v) is 24.0. The van der Waals surface area contributed by atoms with E-state index < -0.39 is 45.6 Å². The summed E-state index contributed by atoms with van der Waals surface area (Å²) in [7, 11) is -4.26. The van der Waals surface area contributed by atoms with Crippen molar-refractivity contribution in [3.63, 3.8) is 0 Å². The molecule has 0 aliphatic carbocycles. The van der Waals surface area contributed by atoms with Gasteiger partial charge in [0.15, 0.2) is 0 Å². The number of amides is 3. The van der Waals surface area contributed by atoms with Crippen LogP contribution in [0.4, 0.5) is 33.9 Å². The van der Waals surface area contributed by atoms with Gasteiger partial charge in [-0.1, -0.05) is 35.0 Å². The molecule has 3 amide bonds. The number of para-hydroxylation sites is 1. The summed E-state index contributed by atoms with van der Waals surface area (Å²) in [5.41, 5.74) is 3.63. The molecule has 12 nitrogen and oxygen atoms in total. The maximum atomic E-state index is 13.5. The Bertz CT molecular complexity index is 1630. The van der Waals surface area contributed by atoms with Crippen LogP contribution in [0.1, 0.15) is 12.0 Å². The topological polar surface area (TPSA) is 154 Å². The molecule has 4 rings (SSSR count). The highest BCUT2D eigenvalue weighted by atomic mass is 35.5. The summed E-state index contributed by atoms with van der Waals surface area (Å²) in [5, 5.41) is 8.56. The van der Waals surface area contributed by atoms with E-state index in [0.29, 0.717) is 18.0 Å². The molecule has 0 saturated carbocycles. The molecule has 0 radical (unpaired) electrons. The lowest BCUT2D eigenvalue weighted by Gasteiger charge is -2.24. The predicted octanol–water partition coefficient (Wildman–Crippen LogP) is 3.99. The number of aromatic nitrogens is 1. The van der Waals surface area contributed by atoms with Gasteiger partial charge < -0.3 is 15.5 Å². The SMILES string of the molecule is O=C(NNC(=O)C1=NO[C@H](CN(CCNc2ncc(C(F)(F)F)cc2Cl)S(=O)(=O)c2ccc(F)cc2)C1)Nc1ccccc1. The minimum Gasteiger partial charge on any atom is -0.390 e. The average molecular weight is 658 g/mol. The molecule has 2 heterocycles. The Balaban J connectivity index is 1.38. The molecule has 0 saturated heterocycles. The van der Waals surface area contributed by atoms with Gasteiger partial charge in [0.25, 0.3) is 5.91 Å². The van der Waals surface area contributed by atoms with E-state index in [1.807, 2.05) is 0 Å². The molecule has 1 aliphatic heterocycles. The molecule has 3 aromatic rings. The first-order valence-electron chi connectivity index (χ1n) is 12.7. The van der Waals surface area contributed by atoms with Crippen LogP contribution in [0.3, 0.4) is 0 Å². The summed E-state index contributed by atoms with van der Waals surface area (Å²) in [4.78, 5) is 33.2. The quantitative estimate of drug-likeness (QED) is 0.190. The van der Waals surface area contributed by atoms with Crippen molar-refractivity contribution in [2.75, 3.05) is 30.3 Å². The van der Waals surface area contributed by atoms with E-state index in [9.17, 15) is 35.6 Å². The molecule has 44 heavy (non-hydrogen) atoms. The standard InChI is InChI=1S/C26H24ClF4N7O5S/c27-21-12-16(26(29,30)31)14-33-23(21)32-10-11-38(44(41,42)20-8-6-17(28)7-9-20)15-19-13-22(37-43-19)24(39)35-36-25(40)34-18-4-2-1-3-5-18/h1-9,12,14,19H,10-11,13,15H2,(H,32,33)(H,35,39)(H2,34,36,40)/t19-/m0/s1. The lowest BCUT2D eigenvalue weighted by Crippen LogP contribution is -2.47. The maximum Gasteiger partial charge on any atom is 0.417 e. The number of hydrazine groups is 1. The molecular formula is C26H24ClF4N7O5S. The molecule has 234 valence electrons. The number of halogens is 5. The highest BCUT2D eigenvalue weighted by Gasteiger charge is 2.34. The third-order valence-corrected chi connectivity index (χ3v) is 8.16. The van der Waals surface area contributed by atoms with Crippen LogP contribution in [-0.2, 0) is 25.8 Å². The normalized spacial score (nSPS) is 14.9. The number of benzene rings is 2. The number of carbonyl (C=O) groups excluding carboxylic acids is 2. The number of nitrogens with one attached hydrogen (secondary N) is 4. The largest absolute Gasteiger partial charge is 0.417 e. The van der Waals surface area contributed by atoms with Crippen LogP contribution in [0, 0.1) is 5.82 Å². The second kappa shape index (κ2) is 13.9. The van der Waals surface area contributed by atoms with E-state index in [2.05, 4.69) is 31.6 Å². The number of hydrogen-bond donors (Lipinski definition) is 4. The van der Waals surface area contributed by atoms with E-state index in [-0.39, 0.29) is 47.5 Å². The second-order valence-corrected chi connectivity index (χ2v) is 11.5. The Labute approximate surface area is 253 Å². The van der Waals surface area contributed by atoms with Crippen molar-refractivity contribution in [1.82, 2.24) is 20.1 Å². The number of oxime groups is 1. The molecule has 18 heteroatoms. The van der Waals surface area contributed by atoms with Crippen molar-refractivity contribution in [1.29, 1.82) is 0 Å². The summed E-state index contributed by atoms with van der Waals surface area (Å²) in [6, 6.07) is 12.5. The Hall–Kier alpha value is -4.48. The number of carbonyl (C=O) groups is 2. The van der Waals surface area contributed by atoms with Gasteiger partial charge in [-0.15, -0.1) is 0 Å². The Morgan fingerprint density at radius 1 is 1.07 bits per heavy atom. The van der Waals surface area contributed by atoms with Crippen molar-refractivity contribution >= 4 is 50.8 Å². The molecule has 2 aromatic carbocycles. The molecule has 0 unspecified atom stereocenters. The van der Waals surface area contributed by atoms with E-state index in [4.69, 9.17) is 16.4 Å². The molecule has 4 N–H and O–H groups in total. The van der Waals surface area contributed by atoms with Crippen LogP contribution in [0.5, 0.6) is 0 Å².